The van der Waals surface area contributed by atoms with E-state index in [4.69, 9.17) is 0 Å². The average Bonchev–Trinajstić information content (AvgIpc) is 3.13. The van der Waals surface area contributed by atoms with Crippen molar-refractivity contribution in [3.8, 4) is 0 Å². The smallest absolute Gasteiger partial charge is 0.0242 e. The van der Waals surface area contributed by atoms with Gasteiger partial charge in [0.05, 0.1) is 0 Å². The summed E-state index contributed by atoms with van der Waals surface area (Å²) in [5.41, 5.74) is 0. The number of hydrogen-bond acceptors (Lipinski definition) is 2. The van der Waals surface area contributed by atoms with Crippen molar-refractivity contribution in [2.24, 2.45) is 17.8 Å². The Bertz CT molecular complexity index is 203. The van der Waals surface area contributed by atoms with Gasteiger partial charge in [0.25, 0.3) is 0 Å². The van der Waals surface area contributed by atoms with Gasteiger partial charge in [-0.05, 0) is 70.4 Å². The molecule has 0 spiro atoms. The van der Waals surface area contributed by atoms with Crippen molar-refractivity contribution < 1.29 is 0 Å². The topological polar surface area (TPSA) is 15.3 Å². The van der Waals surface area contributed by atoms with E-state index in [0.29, 0.717) is 0 Å². The largest absolute Gasteiger partial charge is 0.312 e. The van der Waals surface area contributed by atoms with E-state index in [1.165, 1.54) is 45.1 Å². The maximum absolute atomic E-state index is 3.90. The minimum Gasteiger partial charge on any atom is -0.312 e. The number of rotatable bonds is 7. The van der Waals surface area contributed by atoms with Crippen LogP contribution in [0.2, 0.25) is 0 Å². The van der Waals surface area contributed by atoms with Gasteiger partial charge in [0.15, 0.2) is 0 Å². The molecule has 3 rings (SSSR count). The van der Waals surface area contributed by atoms with Crippen LogP contribution in [-0.4, -0.2) is 37.6 Å². The molecule has 0 heterocycles. The van der Waals surface area contributed by atoms with E-state index >= 15 is 0 Å². The van der Waals surface area contributed by atoms with Gasteiger partial charge in [-0.2, -0.15) is 0 Å². The van der Waals surface area contributed by atoms with Gasteiger partial charge >= 0.3 is 0 Å². The number of nitrogens with one attached hydrogen (secondary N) is 1. The van der Waals surface area contributed by atoms with Crippen molar-refractivity contribution in [2.45, 2.75) is 50.6 Å². The summed E-state index contributed by atoms with van der Waals surface area (Å²) in [4.78, 5) is 2.43. The van der Waals surface area contributed by atoms with E-state index in [1.807, 2.05) is 0 Å². The van der Waals surface area contributed by atoms with Gasteiger partial charge in [-0.1, -0.05) is 0 Å². The van der Waals surface area contributed by atoms with Crippen molar-refractivity contribution in [3.05, 3.63) is 0 Å². The van der Waals surface area contributed by atoms with Gasteiger partial charge < -0.3 is 10.2 Å². The van der Waals surface area contributed by atoms with Gasteiger partial charge in [0, 0.05) is 18.6 Å². The maximum Gasteiger partial charge on any atom is 0.0242 e. The summed E-state index contributed by atoms with van der Waals surface area (Å²) < 4.78 is 0. The molecule has 2 nitrogen and oxygen atoms in total. The van der Waals surface area contributed by atoms with E-state index in [0.717, 1.165) is 29.8 Å². The lowest BCUT2D eigenvalue weighted by Gasteiger charge is -2.27. The van der Waals surface area contributed by atoms with Crippen LogP contribution in [0.5, 0.6) is 0 Å². The second kappa shape index (κ2) is 4.30. The lowest BCUT2D eigenvalue weighted by atomic mass is 10.1. The van der Waals surface area contributed by atoms with E-state index in [9.17, 15) is 0 Å². The third-order valence-electron chi connectivity index (χ3n) is 4.65. The molecule has 0 aromatic heterocycles. The molecule has 3 aliphatic rings. The highest BCUT2D eigenvalue weighted by Gasteiger charge is 2.42. The molecule has 1 N–H and O–H groups in total. The molecular formula is C14H26N2. The summed E-state index contributed by atoms with van der Waals surface area (Å²) in [7, 11) is 4.49. The minimum atomic E-state index is 0.792. The van der Waals surface area contributed by atoms with Crippen molar-refractivity contribution in [2.75, 3.05) is 20.6 Å². The summed E-state index contributed by atoms with van der Waals surface area (Å²) in [6, 6.07) is 1.67. The fourth-order valence-corrected chi connectivity index (χ4v) is 3.14. The summed E-state index contributed by atoms with van der Waals surface area (Å²) in [5, 5.41) is 3.90. The second-order valence-corrected chi connectivity index (χ2v) is 6.48. The first-order valence-electron chi connectivity index (χ1n) is 7.15. The zero-order valence-electron chi connectivity index (χ0n) is 10.8. The van der Waals surface area contributed by atoms with Crippen LogP contribution in [0.15, 0.2) is 0 Å². The van der Waals surface area contributed by atoms with Gasteiger partial charge in [-0.25, -0.2) is 0 Å². The molecule has 3 saturated carbocycles. The summed E-state index contributed by atoms with van der Waals surface area (Å²) in [6.45, 7) is 1.23. The van der Waals surface area contributed by atoms with Crippen LogP contribution < -0.4 is 5.32 Å². The second-order valence-electron chi connectivity index (χ2n) is 6.48. The third kappa shape index (κ3) is 2.60. The SMILES string of the molecule is CN(C)[C@H](CNC(C1CC1)C1CC1)C1CC1. The molecule has 0 unspecified atom stereocenters. The molecule has 16 heavy (non-hydrogen) atoms. The van der Waals surface area contributed by atoms with E-state index in [-0.39, 0.29) is 0 Å². The van der Waals surface area contributed by atoms with Gasteiger partial charge in [0.2, 0.25) is 0 Å². The fraction of sp³-hybridized carbons (Fsp3) is 1.00. The summed E-state index contributed by atoms with van der Waals surface area (Å²) in [6.07, 6.45) is 8.88. The average molecular weight is 222 g/mol. The monoisotopic (exact) mass is 222 g/mol. The van der Waals surface area contributed by atoms with Crippen LogP contribution in [0.25, 0.3) is 0 Å². The molecule has 0 aliphatic heterocycles. The van der Waals surface area contributed by atoms with Crippen LogP contribution in [0, 0.1) is 17.8 Å². The Morgan fingerprint density at radius 2 is 1.44 bits per heavy atom. The summed E-state index contributed by atoms with van der Waals surface area (Å²) >= 11 is 0. The van der Waals surface area contributed by atoms with Crippen LogP contribution in [0.3, 0.4) is 0 Å². The molecule has 3 aliphatic carbocycles. The molecule has 0 saturated heterocycles. The molecule has 3 fully saturated rings. The van der Waals surface area contributed by atoms with E-state index in [2.05, 4.69) is 24.3 Å². The lowest BCUT2D eigenvalue weighted by Crippen LogP contribution is -2.44. The molecular weight excluding hydrogens is 196 g/mol. The number of nitrogens with zero attached hydrogens (tertiary/aromatic N) is 1. The molecule has 0 radical (unpaired) electrons. The molecule has 0 amide bonds. The van der Waals surface area contributed by atoms with Crippen LogP contribution >= 0.6 is 0 Å². The fourth-order valence-electron chi connectivity index (χ4n) is 3.14. The van der Waals surface area contributed by atoms with E-state index < -0.39 is 0 Å². The molecule has 1 atom stereocenters. The maximum atomic E-state index is 3.90. The van der Waals surface area contributed by atoms with Crippen LogP contribution in [0.4, 0.5) is 0 Å². The Kier molecular flexibility index (Phi) is 2.97. The first-order chi connectivity index (χ1) is 7.75. The Labute approximate surface area is 99.8 Å². The van der Waals surface area contributed by atoms with Crippen molar-refractivity contribution in [1.29, 1.82) is 0 Å². The normalized spacial score (nSPS) is 27.8. The first kappa shape index (κ1) is 11.0. The van der Waals surface area contributed by atoms with Crippen molar-refractivity contribution in [1.82, 2.24) is 10.2 Å². The van der Waals surface area contributed by atoms with E-state index in [1.54, 1.807) is 0 Å². The molecule has 0 aromatic rings. The molecule has 0 bridgehead atoms. The Morgan fingerprint density at radius 1 is 0.938 bits per heavy atom. The standard InChI is InChI=1S/C14H26N2/c1-16(2)13(10-3-4-10)9-15-14(11-5-6-11)12-7-8-12/h10-15H,3-9H2,1-2H3/t13-/m1/s1. The predicted molar refractivity (Wildman–Crippen MR) is 67.4 cm³/mol. The Balaban J connectivity index is 1.48. The first-order valence-corrected chi connectivity index (χ1v) is 7.15. The van der Waals surface area contributed by atoms with Crippen LogP contribution in [-0.2, 0) is 0 Å². The Morgan fingerprint density at radius 3 is 1.81 bits per heavy atom. The predicted octanol–water partition coefficient (Wildman–Crippen LogP) is 2.10. The van der Waals surface area contributed by atoms with Gasteiger partial charge in [0.1, 0.15) is 0 Å². The zero-order chi connectivity index (χ0) is 11.1. The highest BCUT2D eigenvalue weighted by molar-refractivity contribution is 4.98. The lowest BCUT2D eigenvalue weighted by molar-refractivity contribution is 0.240. The van der Waals surface area contributed by atoms with Gasteiger partial charge in [-0.15, -0.1) is 0 Å². The molecule has 2 heteroatoms. The summed E-state index contributed by atoms with van der Waals surface area (Å²) in [5.74, 6) is 3.06. The van der Waals surface area contributed by atoms with Gasteiger partial charge in [-0.3, -0.25) is 0 Å². The van der Waals surface area contributed by atoms with Crippen molar-refractivity contribution in [3.63, 3.8) is 0 Å². The Hall–Kier alpha value is -0.0800. The number of hydrogen-bond donors (Lipinski definition) is 1. The molecule has 0 aromatic carbocycles. The van der Waals surface area contributed by atoms with Crippen LogP contribution in [0.1, 0.15) is 38.5 Å². The minimum absolute atomic E-state index is 0.792. The number of likely N-dealkylation sites (N-methyl/N-ethyl adjacent to an activating group) is 1. The molecule has 92 valence electrons. The highest BCUT2D eigenvalue weighted by atomic mass is 15.1. The quantitative estimate of drug-likeness (QED) is 0.710. The zero-order valence-corrected chi connectivity index (χ0v) is 10.8. The van der Waals surface area contributed by atoms with Crippen molar-refractivity contribution >= 4 is 0 Å². The third-order valence-corrected chi connectivity index (χ3v) is 4.65. The highest BCUT2D eigenvalue weighted by Crippen LogP contribution is 2.44.